The highest BCUT2D eigenvalue weighted by atomic mass is 16.6. The van der Waals surface area contributed by atoms with Crippen molar-refractivity contribution in [1.82, 2.24) is 9.97 Å². The van der Waals surface area contributed by atoms with Crippen molar-refractivity contribution >= 4 is 23.4 Å². The molecule has 1 amide bonds. The summed E-state index contributed by atoms with van der Waals surface area (Å²) in [6, 6.07) is 2.64. The summed E-state index contributed by atoms with van der Waals surface area (Å²) in [5.41, 5.74) is 6.01. The van der Waals surface area contributed by atoms with Gasteiger partial charge >= 0.3 is 0 Å². The molecule has 3 rings (SSSR count). The Kier molecular flexibility index (Phi) is 3.09. The van der Waals surface area contributed by atoms with E-state index in [1.807, 2.05) is 0 Å². The zero-order valence-corrected chi connectivity index (χ0v) is 11.5. The number of nitrogen functional groups attached to an aromatic ring is 1. The van der Waals surface area contributed by atoms with Crippen LogP contribution in [0.2, 0.25) is 0 Å². The first-order valence-corrected chi connectivity index (χ1v) is 6.29. The molecule has 0 radical (unpaired) electrons. The highest BCUT2D eigenvalue weighted by Crippen LogP contribution is 2.35. The van der Waals surface area contributed by atoms with Crippen molar-refractivity contribution < 1.29 is 14.5 Å². The standard InChI is InChI=1S/C13H11N5O4/c1-22-10-5-7(14)9(18(20)21)4-6(10)12-15-8-2-3-11(19)16-13(8)17-12/h2,4-5H,3,14H2,1H3,(H,15,16,17,19). The number of nitro groups is 1. The molecule has 0 aliphatic carbocycles. The Balaban J connectivity index is 2.24. The van der Waals surface area contributed by atoms with Gasteiger partial charge in [-0.2, -0.15) is 4.99 Å². The predicted octanol–water partition coefficient (Wildman–Crippen LogP) is -0.0939. The van der Waals surface area contributed by atoms with Crippen LogP contribution in [-0.4, -0.2) is 27.9 Å². The number of nitrogens with one attached hydrogen (secondary N) is 1. The molecular weight excluding hydrogens is 290 g/mol. The molecule has 1 aromatic heterocycles. The molecule has 2 aromatic rings. The molecule has 9 nitrogen and oxygen atoms in total. The van der Waals surface area contributed by atoms with E-state index >= 15 is 0 Å². The molecule has 2 heterocycles. The number of H-pyrrole nitrogens is 1. The number of nitrogens with zero attached hydrogens (tertiary/aromatic N) is 3. The number of carbonyl (C=O) groups is 1. The second kappa shape index (κ2) is 4.95. The van der Waals surface area contributed by atoms with Crippen molar-refractivity contribution in [3.8, 4) is 17.1 Å². The first-order valence-electron chi connectivity index (χ1n) is 6.29. The van der Waals surface area contributed by atoms with Crippen LogP contribution in [-0.2, 0) is 4.79 Å². The van der Waals surface area contributed by atoms with Crippen LogP contribution in [0.25, 0.3) is 17.5 Å². The number of methoxy groups -OCH3 is 1. The largest absolute Gasteiger partial charge is 0.496 e. The van der Waals surface area contributed by atoms with E-state index in [0.29, 0.717) is 22.5 Å². The van der Waals surface area contributed by atoms with Gasteiger partial charge in [-0.25, -0.2) is 4.98 Å². The first-order chi connectivity index (χ1) is 10.5. The number of carbonyl (C=O) groups excluding carboxylic acids is 1. The van der Waals surface area contributed by atoms with Gasteiger partial charge in [0.15, 0.2) is 5.49 Å². The van der Waals surface area contributed by atoms with Crippen molar-refractivity contribution in [2.24, 2.45) is 4.99 Å². The lowest BCUT2D eigenvalue weighted by Crippen LogP contribution is -2.29. The van der Waals surface area contributed by atoms with Gasteiger partial charge in [0.1, 0.15) is 17.3 Å². The Morgan fingerprint density at radius 3 is 2.91 bits per heavy atom. The lowest BCUT2D eigenvalue weighted by atomic mass is 10.1. The number of rotatable bonds is 3. The molecule has 0 unspecified atom stereocenters. The van der Waals surface area contributed by atoms with Crippen molar-refractivity contribution in [3.63, 3.8) is 0 Å². The molecule has 0 spiro atoms. The van der Waals surface area contributed by atoms with Crippen molar-refractivity contribution in [2.45, 2.75) is 6.42 Å². The second-order valence-corrected chi connectivity index (χ2v) is 4.60. The fourth-order valence-electron chi connectivity index (χ4n) is 2.18. The van der Waals surface area contributed by atoms with Gasteiger partial charge in [-0.15, -0.1) is 0 Å². The summed E-state index contributed by atoms with van der Waals surface area (Å²) in [4.78, 5) is 32.7. The minimum Gasteiger partial charge on any atom is -0.496 e. The fraction of sp³-hybridized carbons (Fsp3) is 0.154. The number of imidazole rings is 1. The maximum Gasteiger partial charge on any atom is 0.293 e. The average molecular weight is 301 g/mol. The van der Waals surface area contributed by atoms with E-state index in [0.717, 1.165) is 0 Å². The summed E-state index contributed by atoms with van der Waals surface area (Å²) in [6.07, 6.45) is 1.85. The van der Waals surface area contributed by atoms with Crippen LogP contribution < -0.4 is 21.3 Å². The molecule has 1 aliphatic heterocycles. The normalized spacial score (nSPS) is 13.0. The molecule has 22 heavy (non-hydrogen) atoms. The van der Waals surface area contributed by atoms with Crippen LogP contribution in [0.15, 0.2) is 17.1 Å². The topological polar surface area (TPSA) is 136 Å². The smallest absolute Gasteiger partial charge is 0.293 e. The quantitative estimate of drug-likeness (QED) is 0.461. The third-order valence-electron chi connectivity index (χ3n) is 3.22. The molecule has 9 heteroatoms. The van der Waals surface area contributed by atoms with Gasteiger partial charge in [-0.05, 0) is 6.08 Å². The molecule has 0 saturated carbocycles. The summed E-state index contributed by atoms with van der Waals surface area (Å²) < 4.78 is 5.20. The van der Waals surface area contributed by atoms with Gasteiger partial charge in [0.2, 0.25) is 0 Å². The van der Waals surface area contributed by atoms with Crippen LogP contribution in [0.5, 0.6) is 5.75 Å². The molecule has 1 aliphatic rings. The van der Waals surface area contributed by atoms with Crippen LogP contribution in [0.4, 0.5) is 11.4 Å². The van der Waals surface area contributed by atoms with Gasteiger partial charge in [-0.3, -0.25) is 14.9 Å². The van der Waals surface area contributed by atoms with Gasteiger partial charge in [-0.1, -0.05) is 0 Å². The Morgan fingerprint density at radius 2 is 2.23 bits per heavy atom. The van der Waals surface area contributed by atoms with E-state index in [9.17, 15) is 14.9 Å². The monoisotopic (exact) mass is 301 g/mol. The molecule has 112 valence electrons. The second-order valence-electron chi connectivity index (χ2n) is 4.60. The third kappa shape index (κ3) is 2.18. The lowest BCUT2D eigenvalue weighted by Gasteiger charge is -2.07. The lowest BCUT2D eigenvalue weighted by molar-refractivity contribution is -0.383. The minimum absolute atomic E-state index is 0.00616. The summed E-state index contributed by atoms with van der Waals surface area (Å²) in [6.45, 7) is 0. The highest BCUT2D eigenvalue weighted by molar-refractivity contribution is 5.83. The number of nitrogens with two attached hydrogens (primary N) is 1. The SMILES string of the molecule is COc1cc(N)c([N+](=O)[O-])cc1-c1nc2c([nH]1)=CCC(=O)N=2. The summed E-state index contributed by atoms with van der Waals surface area (Å²) in [7, 11) is 1.42. The van der Waals surface area contributed by atoms with E-state index in [2.05, 4.69) is 15.0 Å². The number of amides is 1. The molecule has 1 aromatic carbocycles. The third-order valence-corrected chi connectivity index (χ3v) is 3.22. The summed E-state index contributed by atoms with van der Waals surface area (Å²) in [5, 5.41) is 11.6. The van der Waals surface area contributed by atoms with Gasteiger partial charge in [0, 0.05) is 18.6 Å². The van der Waals surface area contributed by atoms with E-state index in [1.165, 1.54) is 19.2 Å². The molecule has 0 bridgehead atoms. The molecule has 0 saturated heterocycles. The number of aromatic amines is 1. The van der Waals surface area contributed by atoms with Crippen LogP contribution in [0.3, 0.4) is 0 Å². The predicted molar refractivity (Wildman–Crippen MR) is 76.5 cm³/mol. The molecular formula is C13H11N5O4. The number of ether oxygens (including phenoxy) is 1. The maximum atomic E-state index is 11.3. The average Bonchev–Trinajstić information content (AvgIpc) is 2.89. The first kappa shape index (κ1) is 13.7. The maximum absolute atomic E-state index is 11.3. The Labute approximate surface area is 123 Å². The van der Waals surface area contributed by atoms with E-state index in [-0.39, 0.29) is 29.2 Å². The van der Waals surface area contributed by atoms with Gasteiger partial charge < -0.3 is 15.5 Å². The van der Waals surface area contributed by atoms with E-state index in [1.54, 1.807) is 6.08 Å². The number of aromatic nitrogens is 2. The summed E-state index contributed by atoms with van der Waals surface area (Å²) >= 11 is 0. The molecule has 0 fully saturated rings. The zero-order valence-electron chi connectivity index (χ0n) is 11.5. The molecule has 3 N–H and O–H groups in total. The Bertz CT molecular complexity index is 915. The van der Waals surface area contributed by atoms with E-state index < -0.39 is 4.92 Å². The van der Waals surface area contributed by atoms with Crippen molar-refractivity contribution in [1.29, 1.82) is 0 Å². The van der Waals surface area contributed by atoms with Crippen LogP contribution in [0.1, 0.15) is 6.42 Å². The van der Waals surface area contributed by atoms with Gasteiger partial charge in [0.05, 0.1) is 22.9 Å². The Hall–Kier alpha value is -3.23. The highest BCUT2D eigenvalue weighted by Gasteiger charge is 2.20. The van der Waals surface area contributed by atoms with Crippen molar-refractivity contribution in [2.75, 3.05) is 12.8 Å². The number of benzene rings is 1. The number of fused-ring (bicyclic) bond motifs is 1. The number of hydrogen-bond donors (Lipinski definition) is 2. The number of anilines is 1. The minimum atomic E-state index is -0.582. The van der Waals surface area contributed by atoms with Gasteiger partial charge in [0.25, 0.3) is 11.6 Å². The Morgan fingerprint density at radius 1 is 1.45 bits per heavy atom. The molecule has 0 atom stereocenters. The zero-order chi connectivity index (χ0) is 15.9. The summed E-state index contributed by atoms with van der Waals surface area (Å²) in [5.74, 6) is 0.362. The fourth-order valence-corrected chi connectivity index (χ4v) is 2.18. The van der Waals surface area contributed by atoms with Crippen LogP contribution in [0, 0.1) is 10.1 Å². The van der Waals surface area contributed by atoms with E-state index in [4.69, 9.17) is 10.5 Å². The van der Waals surface area contributed by atoms with Crippen molar-refractivity contribution in [3.05, 3.63) is 33.1 Å². The number of nitro benzene ring substituents is 1. The van der Waals surface area contributed by atoms with Crippen LogP contribution >= 0.6 is 0 Å². The number of hydrogen-bond acceptors (Lipinski definition) is 6.